The highest BCUT2D eigenvalue weighted by Crippen LogP contribution is 2.48. The molecule has 2 N–H and O–H groups in total. The maximum Gasteiger partial charge on any atom is 0.137 e. The van der Waals surface area contributed by atoms with Crippen molar-refractivity contribution < 1.29 is 0 Å². The van der Waals surface area contributed by atoms with Crippen LogP contribution in [-0.4, -0.2) is 19.8 Å². The number of nitrogens with zero attached hydrogens (tertiary/aromatic N) is 2. The molecule has 6 heteroatoms. The Labute approximate surface area is 162 Å². The van der Waals surface area contributed by atoms with Crippen molar-refractivity contribution in [3.63, 3.8) is 0 Å². The fourth-order valence-corrected chi connectivity index (χ4v) is 5.22. The minimum Gasteiger partial charge on any atom is -0.289 e. The van der Waals surface area contributed by atoms with Crippen LogP contribution < -0.4 is 10.9 Å². The number of nitrogens with one attached hydrogen (secondary N) is 2. The molecule has 0 bridgehead atoms. The van der Waals surface area contributed by atoms with Crippen LogP contribution in [0, 0.1) is 13.8 Å². The Morgan fingerprint density at radius 3 is 1.35 bits per heavy atom. The summed E-state index contributed by atoms with van der Waals surface area (Å²) in [5.41, 5.74) is 11.5. The smallest absolute Gasteiger partial charge is 0.137 e. The molecule has 2 aliphatic rings. The van der Waals surface area contributed by atoms with Crippen molar-refractivity contribution >= 4 is 33.6 Å². The van der Waals surface area contributed by atoms with Crippen molar-refractivity contribution in [2.75, 3.05) is 0 Å². The van der Waals surface area contributed by atoms with E-state index in [0.29, 0.717) is 0 Å². The number of hydrazone groups is 2. The van der Waals surface area contributed by atoms with Gasteiger partial charge in [0.2, 0.25) is 0 Å². The van der Waals surface area contributed by atoms with Gasteiger partial charge < -0.3 is 0 Å². The summed E-state index contributed by atoms with van der Waals surface area (Å²) < 4.78 is 0. The van der Waals surface area contributed by atoms with Crippen LogP contribution in [0.25, 0.3) is 0 Å². The molecule has 2 heterocycles. The van der Waals surface area contributed by atoms with Crippen molar-refractivity contribution in [1.82, 2.24) is 10.9 Å². The van der Waals surface area contributed by atoms with Crippen LogP contribution in [0.4, 0.5) is 0 Å². The van der Waals surface area contributed by atoms with Gasteiger partial charge in [0, 0.05) is 11.1 Å². The molecular weight excluding hydrogens is 360 g/mol. The summed E-state index contributed by atoms with van der Waals surface area (Å²) in [5.74, 6) is 0. The normalized spacial score (nSPS) is 27.5. The summed E-state index contributed by atoms with van der Waals surface area (Å²) in [6.07, 6.45) is 0. The molecule has 0 aliphatic carbocycles. The molecule has 0 saturated carbocycles. The maximum atomic E-state index is 4.61. The average Bonchev–Trinajstić information content (AvgIpc) is 3.22. The van der Waals surface area contributed by atoms with E-state index in [1.807, 2.05) is 0 Å². The van der Waals surface area contributed by atoms with E-state index in [2.05, 4.69) is 97.3 Å². The van der Waals surface area contributed by atoms with E-state index in [-0.39, 0.29) is 9.74 Å². The van der Waals surface area contributed by atoms with E-state index in [1.54, 1.807) is 23.5 Å². The van der Waals surface area contributed by atoms with Crippen LogP contribution in [0.2, 0.25) is 0 Å². The minimum absolute atomic E-state index is 0.312. The van der Waals surface area contributed by atoms with Gasteiger partial charge in [0.1, 0.15) is 19.8 Å². The summed E-state index contributed by atoms with van der Waals surface area (Å²) >= 11 is 3.50. The predicted octanol–water partition coefficient (Wildman–Crippen LogP) is 4.43. The van der Waals surface area contributed by atoms with Crippen LogP contribution in [0.1, 0.15) is 36.1 Å². The number of rotatable bonds is 3. The number of aryl methyl sites for hydroxylation is 2. The lowest BCUT2D eigenvalue weighted by atomic mass is 10.2. The maximum absolute atomic E-state index is 4.61. The number of benzene rings is 2. The SMILES string of the molecule is Cc1ccc(C2=NN[C@](C)([C@]3(C)NN=C(c4ccc(C)cc4)S3)S2)cc1. The van der Waals surface area contributed by atoms with Gasteiger partial charge in [-0.15, -0.1) is 0 Å². The first kappa shape index (κ1) is 17.5. The summed E-state index contributed by atoms with van der Waals surface area (Å²) in [4.78, 5) is -0.623. The number of hydrogen-bond donors (Lipinski definition) is 2. The quantitative estimate of drug-likeness (QED) is 0.824. The first-order valence-electron chi connectivity index (χ1n) is 8.60. The van der Waals surface area contributed by atoms with E-state index in [9.17, 15) is 0 Å². The van der Waals surface area contributed by atoms with E-state index < -0.39 is 0 Å². The first-order chi connectivity index (χ1) is 12.4. The zero-order valence-electron chi connectivity index (χ0n) is 15.3. The van der Waals surface area contributed by atoms with Gasteiger partial charge in [-0.05, 0) is 27.7 Å². The third-order valence-electron chi connectivity index (χ3n) is 4.85. The summed E-state index contributed by atoms with van der Waals surface area (Å²) in [5, 5.41) is 11.3. The summed E-state index contributed by atoms with van der Waals surface area (Å²) in [6, 6.07) is 17.0. The van der Waals surface area contributed by atoms with E-state index in [1.165, 1.54) is 11.1 Å². The Kier molecular flexibility index (Phi) is 4.28. The molecule has 0 amide bonds. The minimum atomic E-state index is -0.312. The fraction of sp³-hybridized carbons (Fsp3) is 0.300. The van der Waals surface area contributed by atoms with Gasteiger partial charge in [0.05, 0.1) is 0 Å². The highest BCUT2D eigenvalue weighted by Gasteiger charge is 2.53. The van der Waals surface area contributed by atoms with Gasteiger partial charge in [0.25, 0.3) is 0 Å². The predicted molar refractivity (Wildman–Crippen MR) is 114 cm³/mol. The van der Waals surface area contributed by atoms with E-state index in [0.717, 1.165) is 21.2 Å². The molecule has 0 radical (unpaired) electrons. The molecule has 2 aliphatic heterocycles. The second-order valence-electron chi connectivity index (χ2n) is 7.06. The second-order valence-corrected chi connectivity index (χ2v) is 9.87. The average molecular weight is 383 g/mol. The van der Waals surface area contributed by atoms with Gasteiger partial charge in [-0.1, -0.05) is 83.2 Å². The fourth-order valence-electron chi connectivity index (χ4n) is 2.84. The molecule has 0 aromatic heterocycles. The van der Waals surface area contributed by atoms with Crippen molar-refractivity contribution in [3.8, 4) is 0 Å². The highest BCUT2D eigenvalue weighted by molar-refractivity contribution is 8.19. The molecule has 134 valence electrons. The zero-order chi connectivity index (χ0) is 18.4. The Bertz CT molecular complexity index is 814. The van der Waals surface area contributed by atoms with Crippen molar-refractivity contribution in [2.45, 2.75) is 37.4 Å². The zero-order valence-corrected chi connectivity index (χ0v) is 17.0. The number of thioether (sulfide) groups is 2. The second kappa shape index (κ2) is 6.35. The molecule has 0 fully saturated rings. The molecule has 2 aromatic rings. The monoisotopic (exact) mass is 382 g/mol. The van der Waals surface area contributed by atoms with Crippen molar-refractivity contribution in [2.24, 2.45) is 10.2 Å². The van der Waals surface area contributed by atoms with Crippen LogP contribution >= 0.6 is 23.5 Å². The molecule has 0 saturated heterocycles. The van der Waals surface area contributed by atoms with Crippen LogP contribution in [-0.2, 0) is 0 Å². The first-order valence-corrected chi connectivity index (χ1v) is 10.2. The standard InChI is InChI=1S/C20H22N4S2/c1-13-5-9-15(10-6-13)17-21-23-19(3,25-17)20(4)24-22-18(26-20)16-11-7-14(2)8-12-16/h5-12,23-24H,1-4H3/t19-,20+. The number of hydrogen-bond acceptors (Lipinski definition) is 6. The van der Waals surface area contributed by atoms with Gasteiger partial charge in [-0.3, -0.25) is 10.9 Å². The highest BCUT2D eigenvalue weighted by atomic mass is 32.2. The molecule has 2 atom stereocenters. The van der Waals surface area contributed by atoms with Gasteiger partial charge in [0.15, 0.2) is 0 Å². The lowest BCUT2D eigenvalue weighted by Gasteiger charge is -2.38. The Hall–Kier alpha value is -1.92. The Morgan fingerprint density at radius 1 is 0.654 bits per heavy atom. The lowest BCUT2D eigenvalue weighted by Crippen LogP contribution is -2.57. The summed E-state index contributed by atoms with van der Waals surface area (Å²) in [7, 11) is 0. The molecule has 0 unspecified atom stereocenters. The largest absolute Gasteiger partial charge is 0.289 e. The molecule has 0 spiro atoms. The van der Waals surface area contributed by atoms with Gasteiger partial charge >= 0.3 is 0 Å². The molecule has 26 heavy (non-hydrogen) atoms. The van der Waals surface area contributed by atoms with Crippen molar-refractivity contribution in [3.05, 3.63) is 70.8 Å². The van der Waals surface area contributed by atoms with Crippen LogP contribution in [0.3, 0.4) is 0 Å². The molecule has 4 nitrogen and oxygen atoms in total. The van der Waals surface area contributed by atoms with Gasteiger partial charge in [-0.25, -0.2) is 0 Å². The molecule has 4 rings (SSSR count). The van der Waals surface area contributed by atoms with Crippen LogP contribution in [0.5, 0.6) is 0 Å². The third-order valence-corrected chi connectivity index (χ3v) is 7.84. The van der Waals surface area contributed by atoms with Crippen molar-refractivity contribution in [1.29, 1.82) is 0 Å². The van der Waals surface area contributed by atoms with E-state index >= 15 is 0 Å². The summed E-state index contributed by atoms with van der Waals surface area (Å²) in [6.45, 7) is 8.55. The van der Waals surface area contributed by atoms with E-state index in [4.69, 9.17) is 0 Å². The molecular formula is C20H22N4S2. The topological polar surface area (TPSA) is 48.8 Å². The third kappa shape index (κ3) is 3.01. The Balaban J connectivity index is 1.51. The molecule has 2 aromatic carbocycles. The Morgan fingerprint density at radius 2 is 1.00 bits per heavy atom. The van der Waals surface area contributed by atoms with Gasteiger partial charge in [-0.2, -0.15) is 10.2 Å². The lowest BCUT2D eigenvalue weighted by molar-refractivity contribution is 0.366. The van der Waals surface area contributed by atoms with Crippen LogP contribution in [0.15, 0.2) is 58.7 Å².